The number of rotatable bonds is 6. The molecule has 3 amide bonds. The molecule has 2 N–H and O–H groups in total. The second-order valence-electron chi connectivity index (χ2n) is 11.9. The molecule has 9 heteroatoms. The number of amides is 3. The van der Waals surface area contributed by atoms with Gasteiger partial charge in [-0.2, -0.15) is 0 Å². The summed E-state index contributed by atoms with van der Waals surface area (Å²) in [6.45, 7) is 10.5. The van der Waals surface area contributed by atoms with Crippen LogP contribution in [0.2, 0.25) is 0 Å². The molecule has 0 spiro atoms. The van der Waals surface area contributed by atoms with Crippen LogP contribution in [0.5, 0.6) is 0 Å². The maximum Gasteiger partial charge on any atom is 0.255 e. The molecule has 0 saturated carbocycles. The van der Waals surface area contributed by atoms with Crippen molar-refractivity contribution in [3.05, 3.63) is 75.9 Å². The first-order valence-corrected chi connectivity index (χ1v) is 14.5. The molecule has 1 fully saturated rings. The van der Waals surface area contributed by atoms with Crippen molar-refractivity contribution in [1.29, 1.82) is 0 Å². The molecule has 2 aliphatic heterocycles. The van der Waals surface area contributed by atoms with Crippen molar-refractivity contribution in [3.63, 3.8) is 0 Å². The van der Waals surface area contributed by atoms with E-state index in [9.17, 15) is 19.5 Å². The molecule has 1 aromatic heterocycles. The van der Waals surface area contributed by atoms with Crippen LogP contribution < -0.4 is 5.32 Å². The van der Waals surface area contributed by atoms with Crippen molar-refractivity contribution in [2.75, 3.05) is 6.54 Å². The normalized spacial score (nSPS) is 19.6. The summed E-state index contributed by atoms with van der Waals surface area (Å²) >= 11 is 1.60. The van der Waals surface area contributed by atoms with Gasteiger partial charge in [-0.05, 0) is 47.6 Å². The number of hydrogen-bond acceptors (Lipinski definition) is 6. The van der Waals surface area contributed by atoms with Crippen molar-refractivity contribution >= 4 is 29.1 Å². The number of carbonyl (C=O) groups excluding carboxylic acids is 3. The predicted molar refractivity (Wildman–Crippen MR) is 155 cm³/mol. The third-order valence-corrected chi connectivity index (χ3v) is 8.86. The molecular weight excluding hydrogens is 524 g/mol. The number of aliphatic hydroxyl groups excluding tert-OH is 1. The van der Waals surface area contributed by atoms with Gasteiger partial charge in [-0.25, -0.2) is 4.98 Å². The number of aromatic nitrogens is 1. The molecule has 5 rings (SSSR count). The first-order chi connectivity index (χ1) is 19.0. The van der Waals surface area contributed by atoms with Gasteiger partial charge in [0.15, 0.2) is 0 Å². The number of benzene rings is 2. The molecule has 3 heterocycles. The molecule has 40 heavy (non-hydrogen) atoms. The van der Waals surface area contributed by atoms with Gasteiger partial charge >= 0.3 is 0 Å². The number of nitrogens with one attached hydrogen (secondary N) is 1. The summed E-state index contributed by atoms with van der Waals surface area (Å²) in [6, 6.07) is 11.9. The predicted octanol–water partition coefficient (Wildman–Crippen LogP) is 4.08. The van der Waals surface area contributed by atoms with Gasteiger partial charge in [-0.1, -0.05) is 57.2 Å². The van der Waals surface area contributed by atoms with E-state index in [1.807, 2.05) is 70.5 Å². The lowest BCUT2D eigenvalue weighted by Crippen LogP contribution is -2.57. The highest BCUT2D eigenvalue weighted by atomic mass is 32.1. The summed E-state index contributed by atoms with van der Waals surface area (Å²) in [4.78, 5) is 49.4. The second-order valence-corrected chi connectivity index (χ2v) is 12.7. The molecule has 0 radical (unpaired) electrons. The maximum atomic E-state index is 14.1. The quantitative estimate of drug-likeness (QED) is 0.473. The molecule has 0 bridgehead atoms. The van der Waals surface area contributed by atoms with E-state index in [-0.39, 0.29) is 30.7 Å². The summed E-state index contributed by atoms with van der Waals surface area (Å²) in [5, 5.41) is 13.5. The highest BCUT2D eigenvalue weighted by Gasteiger charge is 2.48. The fourth-order valence-electron chi connectivity index (χ4n) is 5.83. The summed E-state index contributed by atoms with van der Waals surface area (Å²) in [6.07, 6.45) is -0.652. The molecule has 3 aromatic rings. The Morgan fingerprint density at radius 1 is 1.18 bits per heavy atom. The van der Waals surface area contributed by atoms with Crippen molar-refractivity contribution in [3.8, 4) is 10.4 Å². The molecule has 2 aromatic carbocycles. The minimum absolute atomic E-state index is 0.0560. The van der Waals surface area contributed by atoms with Crippen LogP contribution in [0.15, 0.2) is 48.0 Å². The third-order valence-electron chi connectivity index (χ3n) is 7.88. The van der Waals surface area contributed by atoms with E-state index in [2.05, 4.69) is 16.4 Å². The van der Waals surface area contributed by atoms with Gasteiger partial charge < -0.3 is 20.2 Å². The van der Waals surface area contributed by atoms with Crippen LogP contribution in [-0.4, -0.2) is 62.3 Å². The number of thiazole rings is 1. The van der Waals surface area contributed by atoms with Crippen LogP contribution in [0.25, 0.3) is 10.4 Å². The topological polar surface area (TPSA) is 103 Å². The highest BCUT2D eigenvalue weighted by molar-refractivity contribution is 7.13. The lowest BCUT2D eigenvalue weighted by molar-refractivity contribution is -0.145. The van der Waals surface area contributed by atoms with Crippen LogP contribution in [0.4, 0.5) is 0 Å². The van der Waals surface area contributed by atoms with Gasteiger partial charge in [-0.15, -0.1) is 11.3 Å². The Morgan fingerprint density at radius 3 is 2.58 bits per heavy atom. The van der Waals surface area contributed by atoms with E-state index >= 15 is 0 Å². The fraction of sp³-hybridized carbons (Fsp3) is 0.419. The maximum absolute atomic E-state index is 14.1. The van der Waals surface area contributed by atoms with E-state index in [4.69, 9.17) is 0 Å². The zero-order chi connectivity index (χ0) is 28.8. The Labute approximate surface area is 239 Å². The largest absolute Gasteiger partial charge is 0.391 e. The molecule has 0 unspecified atom stereocenters. The van der Waals surface area contributed by atoms with Crippen LogP contribution in [0.1, 0.15) is 59.9 Å². The lowest BCUT2D eigenvalue weighted by Gasteiger charge is -2.40. The van der Waals surface area contributed by atoms with Crippen molar-refractivity contribution < 1.29 is 19.5 Å². The van der Waals surface area contributed by atoms with E-state index in [1.54, 1.807) is 22.3 Å². The average molecular weight is 561 g/mol. The molecular formula is C31H36N4O4S. The standard InChI is InChI=1S/C31H36N4O4S/c1-18-12-20(26-19(2)33-17-40-26)10-11-21(18)14-32-28(37)25-13-23(36)16-34(25)30(39)27(31(3,4)5)35-15-22-8-6-7-9-24(22)29(35)38/h6-12,17,23,25,27,36H,13-16H2,1-5H3,(H,32,37)/t23-,25+,27-/m1/s1. The minimum Gasteiger partial charge on any atom is -0.391 e. The van der Waals surface area contributed by atoms with Crippen molar-refractivity contribution in [2.45, 2.75) is 72.3 Å². The van der Waals surface area contributed by atoms with E-state index < -0.39 is 23.6 Å². The minimum atomic E-state index is -0.813. The summed E-state index contributed by atoms with van der Waals surface area (Å²) in [5.74, 6) is -0.807. The van der Waals surface area contributed by atoms with Crippen molar-refractivity contribution in [1.82, 2.24) is 20.1 Å². The van der Waals surface area contributed by atoms with Crippen LogP contribution >= 0.6 is 11.3 Å². The van der Waals surface area contributed by atoms with Gasteiger partial charge in [0.2, 0.25) is 11.8 Å². The number of carbonyl (C=O) groups is 3. The van der Waals surface area contributed by atoms with E-state index in [1.165, 1.54) is 4.90 Å². The summed E-state index contributed by atoms with van der Waals surface area (Å²) < 4.78 is 0. The monoisotopic (exact) mass is 560 g/mol. The Bertz CT molecular complexity index is 1460. The Balaban J connectivity index is 1.32. The first-order valence-electron chi connectivity index (χ1n) is 13.6. The Hall–Kier alpha value is -3.56. The van der Waals surface area contributed by atoms with Gasteiger partial charge in [-0.3, -0.25) is 14.4 Å². The number of aryl methyl sites for hydroxylation is 2. The summed E-state index contributed by atoms with van der Waals surface area (Å²) in [5.41, 5.74) is 6.84. The second kappa shape index (κ2) is 10.8. The number of nitrogens with zero attached hydrogens (tertiary/aromatic N) is 3. The van der Waals surface area contributed by atoms with Crippen molar-refractivity contribution in [2.24, 2.45) is 5.41 Å². The molecule has 1 saturated heterocycles. The molecule has 3 atom stereocenters. The number of likely N-dealkylation sites (tertiary alicyclic amines) is 1. The van der Waals surface area contributed by atoms with Gasteiger partial charge in [0, 0.05) is 31.6 Å². The highest BCUT2D eigenvalue weighted by Crippen LogP contribution is 2.35. The van der Waals surface area contributed by atoms with Gasteiger partial charge in [0.1, 0.15) is 12.1 Å². The smallest absolute Gasteiger partial charge is 0.255 e. The first kappa shape index (κ1) is 28.0. The van der Waals surface area contributed by atoms with Crippen LogP contribution in [-0.2, 0) is 22.7 Å². The zero-order valence-electron chi connectivity index (χ0n) is 23.6. The molecule has 2 aliphatic rings. The summed E-state index contributed by atoms with van der Waals surface area (Å²) in [7, 11) is 0. The SMILES string of the molecule is Cc1cc(-c2scnc2C)ccc1CNC(=O)[C@@H]1C[C@@H](O)CN1C(=O)[C@@H](N1Cc2ccccc2C1=O)C(C)(C)C. The van der Waals surface area contributed by atoms with Crippen LogP contribution in [0, 0.1) is 19.3 Å². The lowest BCUT2D eigenvalue weighted by atomic mass is 9.84. The Kier molecular flexibility index (Phi) is 7.54. The van der Waals surface area contributed by atoms with Gasteiger partial charge in [0.25, 0.3) is 5.91 Å². The van der Waals surface area contributed by atoms with Crippen LogP contribution in [0.3, 0.4) is 0 Å². The number of fused-ring (bicyclic) bond motifs is 1. The zero-order valence-corrected chi connectivity index (χ0v) is 24.4. The average Bonchev–Trinajstić information content (AvgIpc) is 3.59. The fourth-order valence-corrected chi connectivity index (χ4v) is 6.64. The van der Waals surface area contributed by atoms with Gasteiger partial charge in [0.05, 0.1) is 22.2 Å². The number of aliphatic hydroxyl groups is 1. The molecule has 210 valence electrons. The molecule has 0 aliphatic carbocycles. The Morgan fingerprint density at radius 2 is 1.93 bits per heavy atom. The van der Waals surface area contributed by atoms with E-state index in [0.717, 1.165) is 32.8 Å². The third kappa shape index (κ3) is 5.28. The molecule has 8 nitrogen and oxygen atoms in total. The van der Waals surface area contributed by atoms with E-state index in [0.29, 0.717) is 18.7 Å². The number of hydrogen-bond donors (Lipinski definition) is 2. The number of β-amino-alcohol motifs (C(OH)–C–C–N with tert-alkyl or cyclic N) is 1.